The highest BCUT2D eigenvalue weighted by Gasteiger charge is 2.11. The number of rotatable bonds is 8. The topological polar surface area (TPSA) is 85.4 Å². The highest BCUT2D eigenvalue weighted by molar-refractivity contribution is 5.97. The van der Waals surface area contributed by atoms with Crippen molar-refractivity contribution in [3.8, 4) is 11.8 Å². The Balaban J connectivity index is 1.99. The first kappa shape index (κ1) is 19.3. The quantitative estimate of drug-likeness (QED) is 0.307. The zero-order valence-corrected chi connectivity index (χ0v) is 15.2. The smallest absolute Gasteiger partial charge is 0.348 e. The molecule has 1 heterocycles. The monoisotopic (exact) mass is 354 g/mol. The van der Waals surface area contributed by atoms with Gasteiger partial charge in [-0.15, -0.1) is 0 Å². The highest BCUT2D eigenvalue weighted by atomic mass is 16.5. The fraction of sp³-hybridized carbons (Fsp3) is 0.350. The summed E-state index contributed by atoms with van der Waals surface area (Å²) in [5.74, 6) is 0.813. The van der Waals surface area contributed by atoms with Crippen molar-refractivity contribution < 1.29 is 18.8 Å². The van der Waals surface area contributed by atoms with Gasteiger partial charge in [0.2, 0.25) is 0 Å². The van der Waals surface area contributed by atoms with Crippen LogP contribution >= 0.6 is 0 Å². The van der Waals surface area contributed by atoms with Gasteiger partial charge in [-0.3, -0.25) is 0 Å². The molecule has 0 radical (unpaired) electrons. The summed E-state index contributed by atoms with van der Waals surface area (Å²) in [5.41, 5.74) is 2.43. The van der Waals surface area contributed by atoms with Gasteiger partial charge in [-0.1, -0.05) is 30.6 Å². The first-order valence-electron chi connectivity index (χ1n) is 8.48. The minimum atomic E-state index is -0.598. The van der Waals surface area contributed by atoms with Crippen molar-refractivity contribution in [1.82, 2.24) is 5.16 Å². The Bertz CT molecular complexity index is 794. The van der Waals surface area contributed by atoms with Crippen LogP contribution in [0.3, 0.4) is 0 Å². The maximum absolute atomic E-state index is 11.9. The minimum absolute atomic E-state index is 0.0227. The van der Waals surface area contributed by atoms with E-state index < -0.39 is 5.97 Å². The molecule has 1 aromatic heterocycles. The van der Waals surface area contributed by atoms with E-state index in [0.717, 1.165) is 35.4 Å². The van der Waals surface area contributed by atoms with Crippen LogP contribution in [-0.2, 0) is 16.1 Å². The number of aromatic nitrogens is 1. The molecule has 0 bridgehead atoms. The van der Waals surface area contributed by atoms with Gasteiger partial charge in [0, 0.05) is 0 Å². The number of hydrogen-bond donors (Lipinski definition) is 0. The molecule has 0 N–H and O–H groups in total. The van der Waals surface area contributed by atoms with Crippen LogP contribution in [0.1, 0.15) is 42.3 Å². The van der Waals surface area contributed by atoms with Gasteiger partial charge in [-0.2, -0.15) is 5.26 Å². The molecular formula is C20H22N2O4. The first-order valence-corrected chi connectivity index (χ1v) is 8.48. The molecule has 136 valence electrons. The Morgan fingerprint density at radius 2 is 2.04 bits per heavy atom. The fourth-order valence-electron chi connectivity index (χ4n) is 2.21. The van der Waals surface area contributed by atoms with Crippen molar-refractivity contribution in [2.24, 2.45) is 0 Å². The number of nitriles is 1. The van der Waals surface area contributed by atoms with Gasteiger partial charge in [0.05, 0.1) is 17.9 Å². The summed E-state index contributed by atoms with van der Waals surface area (Å²) in [4.78, 5) is 11.9. The number of nitrogens with zero attached hydrogens (tertiary/aromatic N) is 2. The molecule has 0 aliphatic carbocycles. The summed E-state index contributed by atoms with van der Waals surface area (Å²) in [5, 5.41) is 13.0. The second-order valence-electron chi connectivity index (χ2n) is 5.82. The van der Waals surface area contributed by atoms with E-state index in [1.807, 2.05) is 26.8 Å². The zero-order valence-electron chi connectivity index (χ0n) is 15.2. The summed E-state index contributed by atoms with van der Waals surface area (Å²) >= 11 is 0. The lowest BCUT2D eigenvalue weighted by molar-refractivity contribution is -0.138. The van der Waals surface area contributed by atoms with Gasteiger partial charge >= 0.3 is 5.97 Å². The molecule has 0 saturated carbocycles. The molecule has 0 saturated heterocycles. The van der Waals surface area contributed by atoms with E-state index in [0.29, 0.717) is 19.0 Å². The van der Waals surface area contributed by atoms with Crippen molar-refractivity contribution in [2.75, 3.05) is 6.61 Å². The van der Waals surface area contributed by atoms with Gasteiger partial charge < -0.3 is 14.0 Å². The Labute approximate surface area is 153 Å². The van der Waals surface area contributed by atoms with E-state index >= 15 is 0 Å². The molecule has 0 atom stereocenters. The van der Waals surface area contributed by atoms with E-state index in [4.69, 9.17) is 19.3 Å². The van der Waals surface area contributed by atoms with Crippen molar-refractivity contribution in [3.05, 3.63) is 52.4 Å². The summed E-state index contributed by atoms with van der Waals surface area (Å²) in [6, 6.07) is 9.00. The predicted molar refractivity (Wildman–Crippen MR) is 96.2 cm³/mol. The average Bonchev–Trinajstić information content (AvgIpc) is 2.97. The largest absolute Gasteiger partial charge is 0.489 e. The summed E-state index contributed by atoms with van der Waals surface area (Å²) in [6.07, 6.45) is 3.21. The third-order valence-electron chi connectivity index (χ3n) is 3.83. The summed E-state index contributed by atoms with van der Waals surface area (Å²) in [7, 11) is 0. The van der Waals surface area contributed by atoms with Crippen LogP contribution < -0.4 is 4.74 Å². The van der Waals surface area contributed by atoms with Crippen molar-refractivity contribution in [3.63, 3.8) is 0 Å². The number of benzene rings is 1. The van der Waals surface area contributed by atoms with Crippen LogP contribution in [0, 0.1) is 25.2 Å². The van der Waals surface area contributed by atoms with Crippen LogP contribution in [0.15, 0.2) is 34.4 Å². The molecule has 0 spiro atoms. The van der Waals surface area contributed by atoms with E-state index in [2.05, 4.69) is 5.16 Å². The summed E-state index contributed by atoms with van der Waals surface area (Å²) in [6.45, 7) is 6.40. The third-order valence-corrected chi connectivity index (χ3v) is 3.83. The van der Waals surface area contributed by atoms with Gasteiger partial charge in [0.15, 0.2) is 0 Å². The number of carbonyl (C=O) groups excluding carboxylic acids is 1. The van der Waals surface area contributed by atoms with E-state index in [-0.39, 0.29) is 5.57 Å². The van der Waals surface area contributed by atoms with E-state index in [1.54, 1.807) is 24.3 Å². The number of ether oxygens (including phenoxy) is 2. The Kier molecular flexibility index (Phi) is 6.98. The highest BCUT2D eigenvalue weighted by Crippen LogP contribution is 2.19. The molecule has 6 nitrogen and oxygen atoms in total. The second-order valence-corrected chi connectivity index (χ2v) is 5.82. The Morgan fingerprint density at radius 3 is 2.62 bits per heavy atom. The minimum Gasteiger partial charge on any atom is -0.489 e. The first-order chi connectivity index (χ1) is 12.5. The molecule has 26 heavy (non-hydrogen) atoms. The molecule has 6 heteroatoms. The summed E-state index contributed by atoms with van der Waals surface area (Å²) < 4.78 is 15.9. The Morgan fingerprint density at radius 1 is 1.31 bits per heavy atom. The zero-order chi connectivity index (χ0) is 18.9. The van der Waals surface area contributed by atoms with Crippen molar-refractivity contribution in [2.45, 2.75) is 40.2 Å². The second kappa shape index (κ2) is 9.42. The van der Waals surface area contributed by atoms with Crippen LogP contribution in [0.4, 0.5) is 0 Å². The molecule has 0 aliphatic heterocycles. The lowest BCUT2D eigenvalue weighted by Crippen LogP contribution is -2.07. The molecule has 0 aliphatic rings. The van der Waals surface area contributed by atoms with Gasteiger partial charge in [0.1, 0.15) is 29.8 Å². The number of aryl methyl sites for hydroxylation is 2. The molecule has 0 unspecified atom stereocenters. The van der Waals surface area contributed by atoms with Crippen molar-refractivity contribution >= 4 is 12.0 Å². The van der Waals surface area contributed by atoms with E-state index in [1.165, 1.54) is 6.08 Å². The maximum Gasteiger partial charge on any atom is 0.348 e. The number of carbonyl (C=O) groups is 1. The number of hydrogen-bond acceptors (Lipinski definition) is 6. The van der Waals surface area contributed by atoms with Crippen LogP contribution in [0.2, 0.25) is 0 Å². The predicted octanol–water partition coefficient (Wildman–Crippen LogP) is 4.12. The van der Waals surface area contributed by atoms with Gasteiger partial charge in [0.25, 0.3) is 0 Å². The van der Waals surface area contributed by atoms with Crippen LogP contribution in [-0.4, -0.2) is 17.7 Å². The SMILES string of the molecule is CCCCOC(=O)C(C#N)=Cc1ccc(OCc2c(C)noc2C)cc1. The normalized spacial score (nSPS) is 11.1. The Hall–Kier alpha value is -3.07. The standard InChI is InChI=1S/C20H22N2O4/c1-4-5-10-24-20(23)17(12-21)11-16-6-8-18(9-7-16)25-13-19-14(2)22-26-15(19)3/h6-9,11H,4-5,10,13H2,1-3H3. The molecule has 1 aromatic carbocycles. The van der Waals surface area contributed by atoms with Gasteiger partial charge in [-0.05, 0) is 44.0 Å². The molecule has 2 aromatic rings. The molecule has 2 rings (SSSR count). The van der Waals surface area contributed by atoms with E-state index in [9.17, 15) is 4.79 Å². The van der Waals surface area contributed by atoms with Crippen LogP contribution in [0.25, 0.3) is 6.08 Å². The van der Waals surface area contributed by atoms with Gasteiger partial charge in [-0.25, -0.2) is 4.79 Å². The average molecular weight is 354 g/mol. The lowest BCUT2D eigenvalue weighted by atomic mass is 10.1. The van der Waals surface area contributed by atoms with Crippen molar-refractivity contribution in [1.29, 1.82) is 5.26 Å². The molecule has 0 fully saturated rings. The third kappa shape index (κ3) is 5.21. The lowest BCUT2D eigenvalue weighted by Gasteiger charge is -2.06. The molecule has 0 amide bonds. The maximum atomic E-state index is 11.9. The fourth-order valence-corrected chi connectivity index (χ4v) is 2.21. The van der Waals surface area contributed by atoms with Crippen LogP contribution in [0.5, 0.6) is 5.75 Å². The number of unbranched alkanes of at least 4 members (excludes halogenated alkanes) is 1. The molecular weight excluding hydrogens is 332 g/mol. The number of esters is 1.